The summed E-state index contributed by atoms with van der Waals surface area (Å²) in [5, 5.41) is 3.14. The highest BCUT2D eigenvalue weighted by atomic mass is 19.4. The molecule has 0 saturated carbocycles. The number of nitrogens with one attached hydrogen (secondary N) is 1. The van der Waals surface area contributed by atoms with Gasteiger partial charge >= 0.3 is 6.18 Å². The first-order valence-electron chi connectivity index (χ1n) is 11.2. The van der Waals surface area contributed by atoms with Crippen molar-refractivity contribution < 1.29 is 22.4 Å². The largest absolute Gasteiger partial charge is 0.417 e. The van der Waals surface area contributed by atoms with Crippen LogP contribution in [-0.2, 0) is 17.5 Å². The predicted octanol–water partition coefficient (Wildman–Crippen LogP) is 3.25. The Bertz CT molecular complexity index is 1160. The first-order valence-corrected chi connectivity index (χ1v) is 11.2. The van der Waals surface area contributed by atoms with E-state index in [4.69, 9.17) is 0 Å². The predicted molar refractivity (Wildman–Crippen MR) is 117 cm³/mol. The van der Waals surface area contributed by atoms with Crippen LogP contribution in [0.15, 0.2) is 42.9 Å². The summed E-state index contributed by atoms with van der Waals surface area (Å²) in [5.74, 6) is 0.185. The van der Waals surface area contributed by atoms with E-state index in [2.05, 4.69) is 20.2 Å². The van der Waals surface area contributed by atoms with E-state index in [9.17, 15) is 22.4 Å². The number of amides is 1. The van der Waals surface area contributed by atoms with Crippen LogP contribution in [0, 0.1) is 5.82 Å². The molecule has 2 saturated heterocycles. The maximum Gasteiger partial charge on any atom is 0.417 e. The Labute approximate surface area is 193 Å². The van der Waals surface area contributed by atoms with Crippen LogP contribution in [0.2, 0.25) is 0 Å². The first-order chi connectivity index (χ1) is 16.3. The molecule has 5 rings (SSSR count). The van der Waals surface area contributed by atoms with E-state index in [-0.39, 0.29) is 36.8 Å². The van der Waals surface area contributed by atoms with E-state index in [1.54, 1.807) is 22.9 Å². The number of hydrogen-bond acceptors (Lipinski definition) is 5. The summed E-state index contributed by atoms with van der Waals surface area (Å²) in [6, 6.07) is 5.52. The van der Waals surface area contributed by atoms with Crippen molar-refractivity contribution in [2.75, 3.05) is 24.5 Å². The Balaban J connectivity index is 1.15. The number of likely N-dealkylation sites (tertiary alicyclic amines) is 1. The highest BCUT2D eigenvalue weighted by Gasteiger charge is 2.42. The number of piperazine rings is 1. The molecule has 3 aromatic heterocycles. The molecular weight excluding hydrogens is 452 g/mol. The molecule has 11 heteroatoms. The number of pyridine rings is 2. The molecule has 180 valence electrons. The summed E-state index contributed by atoms with van der Waals surface area (Å²) < 4.78 is 54.4. The molecule has 0 aromatic carbocycles. The summed E-state index contributed by atoms with van der Waals surface area (Å²) in [6.07, 6.45) is 1.76. The molecular formula is C23H24F4N6O. The fourth-order valence-electron chi connectivity index (χ4n) is 4.94. The van der Waals surface area contributed by atoms with Gasteiger partial charge in [0.25, 0.3) is 0 Å². The molecule has 1 amide bonds. The zero-order chi connectivity index (χ0) is 23.9. The number of imidazole rings is 1. The van der Waals surface area contributed by atoms with E-state index >= 15 is 0 Å². The van der Waals surface area contributed by atoms with Crippen molar-refractivity contribution in [3.05, 3.63) is 59.9 Å². The molecule has 0 spiro atoms. The second-order valence-corrected chi connectivity index (χ2v) is 8.70. The number of anilines is 1. The molecule has 2 aliphatic heterocycles. The lowest BCUT2D eigenvalue weighted by Crippen LogP contribution is -2.56. The lowest BCUT2D eigenvalue weighted by molar-refractivity contribution is -0.138. The number of rotatable bonds is 6. The van der Waals surface area contributed by atoms with Gasteiger partial charge in [-0.25, -0.2) is 14.4 Å². The van der Waals surface area contributed by atoms with Gasteiger partial charge in [-0.05, 0) is 37.1 Å². The molecule has 2 aliphatic rings. The molecule has 2 bridgehead atoms. The average Bonchev–Trinajstić information content (AvgIpc) is 3.39. The van der Waals surface area contributed by atoms with Gasteiger partial charge in [-0.3, -0.25) is 9.20 Å². The minimum Gasteiger partial charge on any atom is -0.347 e. The summed E-state index contributed by atoms with van der Waals surface area (Å²) in [5.41, 5.74) is 0.345. The first kappa shape index (κ1) is 22.6. The van der Waals surface area contributed by atoms with E-state index in [0.29, 0.717) is 36.8 Å². The molecule has 0 radical (unpaired) electrons. The summed E-state index contributed by atoms with van der Waals surface area (Å²) in [4.78, 5) is 24.9. The van der Waals surface area contributed by atoms with Crippen molar-refractivity contribution in [2.24, 2.45) is 0 Å². The van der Waals surface area contributed by atoms with E-state index in [1.807, 2.05) is 4.90 Å². The van der Waals surface area contributed by atoms with Crippen LogP contribution in [0.25, 0.3) is 5.65 Å². The standard InChI is InChI=1S/C23H24F4N6O/c24-18-4-6-20-29-9-10-32(20)19(18)12-28-8-7-22(34)31-13-16-2-3-17(14-31)33(16)21-5-1-15(11-30-21)23(25,26)27/h1,4-6,9-11,16-17,28H,2-3,7-8,12-14H2. The summed E-state index contributed by atoms with van der Waals surface area (Å²) in [7, 11) is 0. The van der Waals surface area contributed by atoms with Gasteiger partial charge in [0.05, 0.1) is 11.3 Å². The number of carbonyl (C=O) groups is 1. The van der Waals surface area contributed by atoms with E-state index in [0.717, 1.165) is 25.1 Å². The maximum absolute atomic E-state index is 14.2. The van der Waals surface area contributed by atoms with E-state index in [1.165, 1.54) is 12.1 Å². The SMILES string of the molecule is O=C(CCNCc1c(F)ccc2nccn12)N1CC2CCC(C1)N2c1ccc(C(F)(F)F)cn1. The van der Waals surface area contributed by atoms with Crippen LogP contribution in [0.1, 0.15) is 30.5 Å². The van der Waals surface area contributed by atoms with Gasteiger partial charge in [-0.2, -0.15) is 13.2 Å². The molecule has 34 heavy (non-hydrogen) atoms. The van der Waals surface area contributed by atoms with Crippen molar-refractivity contribution >= 4 is 17.4 Å². The fourth-order valence-corrected chi connectivity index (χ4v) is 4.94. The normalized spacial score (nSPS) is 20.4. The molecule has 5 heterocycles. The lowest BCUT2D eigenvalue weighted by atomic mass is 10.1. The van der Waals surface area contributed by atoms with Gasteiger partial charge in [-0.15, -0.1) is 0 Å². The molecule has 2 unspecified atom stereocenters. The number of halogens is 4. The number of fused-ring (bicyclic) bond motifs is 3. The average molecular weight is 476 g/mol. The van der Waals surface area contributed by atoms with Gasteiger partial charge < -0.3 is 15.1 Å². The second-order valence-electron chi connectivity index (χ2n) is 8.70. The van der Waals surface area contributed by atoms with Crippen LogP contribution in [0.5, 0.6) is 0 Å². The van der Waals surface area contributed by atoms with Gasteiger partial charge in [0, 0.05) is 63.3 Å². The summed E-state index contributed by atoms with van der Waals surface area (Å²) in [6.45, 7) is 1.70. The maximum atomic E-state index is 14.2. The highest BCUT2D eigenvalue weighted by Crippen LogP contribution is 2.35. The zero-order valence-corrected chi connectivity index (χ0v) is 18.3. The third kappa shape index (κ3) is 4.31. The third-order valence-electron chi connectivity index (χ3n) is 6.60. The molecule has 7 nitrogen and oxygen atoms in total. The Kier molecular flexibility index (Phi) is 5.88. The van der Waals surface area contributed by atoms with Crippen LogP contribution in [0.4, 0.5) is 23.4 Å². The Morgan fingerprint density at radius 2 is 1.85 bits per heavy atom. The lowest BCUT2D eigenvalue weighted by Gasteiger charge is -2.42. The third-order valence-corrected chi connectivity index (χ3v) is 6.60. The highest BCUT2D eigenvalue weighted by molar-refractivity contribution is 5.77. The molecule has 3 aromatic rings. The monoisotopic (exact) mass is 476 g/mol. The Hall–Kier alpha value is -3.21. The van der Waals surface area contributed by atoms with Crippen LogP contribution in [-0.4, -0.2) is 56.9 Å². The van der Waals surface area contributed by atoms with Gasteiger partial charge in [0.15, 0.2) is 0 Å². The van der Waals surface area contributed by atoms with Crippen LogP contribution < -0.4 is 10.2 Å². The molecule has 0 aliphatic carbocycles. The van der Waals surface area contributed by atoms with Crippen molar-refractivity contribution in [1.82, 2.24) is 24.6 Å². The molecule has 2 atom stereocenters. The van der Waals surface area contributed by atoms with Gasteiger partial charge in [0.1, 0.15) is 17.3 Å². The fraction of sp³-hybridized carbons (Fsp3) is 0.435. The van der Waals surface area contributed by atoms with Crippen molar-refractivity contribution in [1.29, 1.82) is 0 Å². The van der Waals surface area contributed by atoms with Gasteiger partial charge in [0.2, 0.25) is 5.91 Å². The minimum atomic E-state index is -4.42. The van der Waals surface area contributed by atoms with Crippen molar-refractivity contribution in [3.63, 3.8) is 0 Å². The van der Waals surface area contributed by atoms with Gasteiger partial charge in [-0.1, -0.05) is 0 Å². The number of carbonyl (C=O) groups excluding carboxylic acids is 1. The number of aromatic nitrogens is 3. The Morgan fingerprint density at radius 3 is 2.53 bits per heavy atom. The number of hydrogen-bond donors (Lipinski definition) is 1. The minimum absolute atomic E-state index is 0.00531. The molecule has 2 fully saturated rings. The van der Waals surface area contributed by atoms with Crippen LogP contribution in [0.3, 0.4) is 0 Å². The van der Waals surface area contributed by atoms with Crippen molar-refractivity contribution in [3.8, 4) is 0 Å². The topological polar surface area (TPSA) is 65.8 Å². The Morgan fingerprint density at radius 1 is 1.09 bits per heavy atom. The summed E-state index contributed by atoms with van der Waals surface area (Å²) >= 11 is 0. The smallest absolute Gasteiger partial charge is 0.347 e. The molecule has 1 N–H and O–H groups in total. The van der Waals surface area contributed by atoms with Crippen LogP contribution >= 0.6 is 0 Å². The second kappa shape index (κ2) is 8.86. The zero-order valence-electron chi connectivity index (χ0n) is 18.3. The quantitative estimate of drug-likeness (QED) is 0.437. The number of alkyl halides is 3. The van der Waals surface area contributed by atoms with Crippen molar-refractivity contribution in [2.45, 2.75) is 44.1 Å². The number of nitrogens with zero attached hydrogens (tertiary/aromatic N) is 5. The van der Waals surface area contributed by atoms with E-state index < -0.39 is 11.7 Å².